The van der Waals surface area contributed by atoms with Crippen LogP contribution in [0.1, 0.15) is 34.4 Å². The molecule has 0 saturated carbocycles. The van der Waals surface area contributed by atoms with Crippen LogP contribution >= 0.6 is 22.9 Å². The van der Waals surface area contributed by atoms with E-state index in [0.29, 0.717) is 57.7 Å². The van der Waals surface area contributed by atoms with E-state index in [4.69, 9.17) is 11.6 Å². The number of anilines is 1. The summed E-state index contributed by atoms with van der Waals surface area (Å²) in [7, 11) is -3.33. The van der Waals surface area contributed by atoms with Crippen molar-refractivity contribution in [3.8, 4) is 5.88 Å². The summed E-state index contributed by atoms with van der Waals surface area (Å²) in [6.07, 6.45) is -0.994. The van der Waals surface area contributed by atoms with Gasteiger partial charge in [-0.3, -0.25) is 0 Å². The molecule has 5 rings (SSSR count). The number of thiazole rings is 1. The fourth-order valence-electron chi connectivity index (χ4n) is 4.68. The van der Waals surface area contributed by atoms with Crippen LogP contribution in [0.5, 0.6) is 5.88 Å². The van der Waals surface area contributed by atoms with Crippen molar-refractivity contribution in [2.24, 2.45) is 10.2 Å². The summed E-state index contributed by atoms with van der Waals surface area (Å²) in [6.45, 7) is 1.00. The van der Waals surface area contributed by atoms with Gasteiger partial charge in [-0.1, -0.05) is 35.1 Å². The first-order valence-corrected chi connectivity index (χ1v) is 15.0. The number of piperidine rings is 1. The Bertz CT molecular complexity index is 1680. The molecule has 0 bridgehead atoms. The van der Waals surface area contributed by atoms with Crippen molar-refractivity contribution in [2.45, 2.75) is 31.5 Å². The minimum Gasteiger partial charge on any atom is -0.492 e. The standard InChI is InChI=1S/C25H23ClF3N5O3S2/c1-39(36,37)33-18-6-8-34(9-7-18)24-31-23(35)22(38-24)19(14-3-5-21-16(10-14)13-30-32-21)11-15-2-4-17(26)12-20(15)25(27,28)29/h2-5,10,12-13,18,33,35H,6-9,11H2,1H3. The number of nitrogens with one attached hydrogen (secondary N) is 1. The van der Waals surface area contributed by atoms with Crippen molar-refractivity contribution >= 4 is 49.9 Å². The highest BCUT2D eigenvalue weighted by Crippen LogP contribution is 2.40. The molecule has 0 unspecified atom stereocenters. The van der Waals surface area contributed by atoms with Crippen LogP contribution in [0.25, 0.3) is 5.57 Å². The van der Waals surface area contributed by atoms with E-state index in [1.165, 1.54) is 23.5 Å². The Morgan fingerprint density at radius 2 is 1.95 bits per heavy atom. The first-order chi connectivity index (χ1) is 18.4. The molecular weight excluding hydrogens is 575 g/mol. The third-order valence-electron chi connectivity index (χ3n) is 6.50. The maximum Gasteiger partial charge on any atom is 0.416 e. The lowest BCUT2D eigenvalue weighted by molar-refractivity contribution is -0.138. The number of aromatic nitrogens is 1. The minimum absolute atomic E-state index is 0.00256. The average Bonchev–Trinajstić information content (AvgIpc) is 3.48. The van der Waals surface area contributed by atoms with E-state index in [-0.39, 0.29) is 28.9 Å². The number of hydrogen-bond donors (Lipinski definition) is 2. The van der Waals surface area contributed by atoms with E-state index in [9.17, 15) is 26.7 Å². The highest BCUT2D eigenvalue weighted by molar-refractivity contribution is 7.88. The molecule has 2 aliphatic heterocycles. The van der Waals surface area contributed by atoms with Gasteiger partial charge in [0.15, 0.2) is 5.13 Å². The number of rotatable bonds is 6. The zero-order valence-corrected chi connectivity index (χ0v) is 22.9. The van der Waals surface area contributed by atoms with Gasteiger partial charge in [0.25, 0.3) is 0 Å². The molecule has 1 saturated heterocycles. The summed E-state index contributed by atoms with van der Waals surface area (Å²) in [5.41, 5.74) is 0.320. The number of aromatic hydroxyl groups is 1. The molecule has 0 atom stereocenters. The second-order valence-corrected chi connectivity index (χ2v) is 12.6. The van der Waals surface area contributed by atoms with E-state index in [2.05, 4.69) is 19.9 Å². The fraction of sp³-hybridized carbons (Fsp3) is 0.320. The zero-order valence-electron chi connectivity index (χ0n) is 20.5. The van der Waals surface area contributed by atoms with Crippen LogP contribution < -0.4 is 20.2 Å². The molecule has 2 aliphatic rings. The highest BCUT2D eigenvalue weighted by Gasteiger charge is 2.34. The minimum atomic E-state index is -4.62. The van der Waals surface area contributed by atoms with Gasteiger partial charge in [0.1, 0.15) is 0 Å². The summed E-state index contributed by atoms with van der Waals surface area (Å²) < 4.78 is 67.5. The van der Waals surface area contributed by atoms with Crippen molar-refractivity contribution in [3.63, 3.8) is 0 Å². The third-order valence-corrected chi connectivity index (χ3v) is 8.66. The predicted octanol–water partition coefficient (Wildman–Crippen LogP) is 3.45. The SMILES string of the molecule is CS(=O)(=O)NC1CCN(c2nc(O)c(C(Cc3ccc(Cl)cc3C(F)(F)F)=c3ccc4c(c3)C=NN=4)s2)CC1. The molecule has 0 amide bonds. The van der Waals surface area contributed by atoms with E-state index < -0.39 is 21.8 Å². The van der Waals surface area contributed by atoms with Crippen LogP contribution in [0.3, 0.4) is 0 Å². The molecule has 0 radical (unpaired) electrons. The van der Waals surface area contributed by atoms with Crippen molar-refractivity contribution < 1.29 is 26.7 Å². The lowest BCUT2D eigenvalue weighted by Gasteiger charge is -2.31. The first-order valence-electron chi connectivity index (χ1n) is 11.9. The molecule has 0 aliphatic carbocycles. The topological polar surface area (TPSA) is 107 Å². The Morgan fingerprint density at radius 1 is 1.21 bits per heavy atom. The molecule has 1 aromatic heterocycles. The lowest BCUT2D eigenvalue weighted by Crippen LogP contribution is -2.44. The zero-order chi connectivity index (χ0) is 27.9. The van der Waals surface area contributed by atoms with Gasteiger partial charge in [-0.05, 0) is 53.5 Å². The van der Waals surface area contributed by atoms with E-state index in [1.807, 2.05) is 4.90 Å². The first kappa shape index (κ1) is 27.6. The van der Waals surface area contributed by atoms with Crippen LogP contribution in [0, 0.1) is 0 Å². The van der Waals surface area contributed by atoms with Gasteiger partial charge in [-0.2, -0.15) is 28.4 Å². The number of alkyl halides is 3. The van der Waals surface area contributed by atoms with Gasteiger partial charge in [-0.25, -0.2) is 13.1 Å². The third kappa shape index (κ3) is 6.26. The number of halogens is 4. The quantitative estimate of drug-likeness (QED) is 0.453. The highest BCUT2D eigenvalue weighted by atomic mass is 35.5. The Hall–Kier alpha value is -3.00. The van der Waals surface area contributed by atoms with E-state index >= 15 is 0 Å². The molecule has 0 spiro atoms. The molecule has 2 aromatic carbocycles. The van der Waals surface area contributed by atoms with Gasteiger partial charge < -0.3 is 10.0 Å². The van der Waals surface area contributed by atoms with Crippen LogP contribution in [-0.2, 0) is 22.6 Å². The van der Waals surface area contributed by atoms with Crippen molar-refractivity contribution in [1.29, 1.82) is 0 Å². The van der Waals surface area contributed by atoms with Gasteiger partial charge in [0, 0.05) is 36.1 Å². The van der Waals surface area contributed by atoms with Crippen molar-refractivity contribution in [1.82, 2.24) is 9.71 Å². The normalized spacial score (nSPS) is 16.8. The summed E-state index contributed by atoms with van der Waals surface area (Å²) in [5, 5.41) is 20.5. The van der Waals surface area contributed by atoms with E-state index in [0.717, 1.165) is 12.3 Å². The molecule has 3 aromatic rings. The number of hydrogen-bond acceptors (Lipinski definition) is 8. The molecule has 14 heteroatoms. The Labute approximate surface area is 231 Å². The van der Waals surface area contributed by atoms with Crippen LogP contribution in [0.2, 0.25) is 5.02 Å². The van der Waals surface area contributed by atoms with Gasteiger partial charge in [0.05, 0.1) is 28.3 Å². The predicted molar refractivity (Wildman–Crippen MR) is 144 cm³/mol. The van der Waals surface area contributed by atoms with E-state index in [1.54, 1.807) is 24.4 Å². The molecule has 1 fully saturated rings. The Morgan fingerprint density at radius 3 is 2.64 bits per heavy atom. The van der Waals surface area contributed by atoms with Crippen molar-refractivity contribution in [3.05, 3.63) is 73.6 Å². The number of fused-ring (bicyclic) bond motifs is 1. The van der Waals surface area contributed by atoms with Crippen LogP contribution in [0.4, 0.5) is 18.3 Å². The number of sulfonamides is 1. The number of benzene rings is 2. The molecular formula is C25H23ClF3N5O3S2. The maximum atomic E-state index is 13.9. The summed E-state index contributed by atoms with van der Waals surface area (Å²) in [4.78, 5) is 6.61. The average molecular weight is 598 g/mol. The summed E-state index contributed by atoms with van der Waals surface area (Å²) >= 11 is 7.07. The fourth-order valence-corrected chi connectivity index (χ4v) is 6.77. The number of nitrogens with zero attached hydrogens (tertiary/aromatic N) is 4. The van der Waals surface area contributed by atoms with Crippen LogP contribution in [-0.4, -0.2) is 50.1 Å². The molecule has 2 N–H and O–H groups in total. The lowest BCUT2D eigenvalue weighted by atomic mass is 9.96. The molecule has 8 nitrogen and oxygen atoms in total. The van der Waals surface area contributed by atoms with Gasteiger partial charge in [0.2, 0.25) is 15.9 Å². The second-order valence-electron chi connectivity index (χ2n) is 9.37. The monoisotopic (exact) mass is 597 g/mol. The van der Waals surface area contributed by atoms with Crippen LogP contribution in [0.15, 0.2) is 46.6 Å². The van der Waals surface area contributed by atoms with Gasteiger partial charge >= 0.3 is 6.18 Å². The van der Waals surface area contributed by atoms with Gasteiger partial charge in [-0.15, -0.1) is 0 Å². The molecule has 3 heterocycles. The largest absolute Gasteiger partial charge is 0.492 e. The Kier molecular flexibility index (Phi) is 7.44. The molecule has 206 valence electrons. The van der Waals surface area contributed by atoms with Crippen molar-refractivity contribution in [2.75, 3.05) is 24.2 Å². The molecule has 39 heavy (non-hydrogen) atoms. The summed E-state index contributed by atoms with van der Waals surface area (Å²) in [5.74, 6) is -0.289. The smallest absolute Gasteiger partial charge is 0.416 e. The Balaban J connectivity index is 1.55. The summed E-state index contributed by atoms with van der Waals surface area (Å²) in [6, 6.07) is 8.68. The maximum absolute atomic E-state index is 13.9. The second kappa shape index (κ2) is 10.5.